The van der Waals surface area contributed by atoms with Crippen molar-refractivity contribution in [1.29, 1.82) is 0 Å². The normalized spacial score (nSPS) is 43.7. The molecule has 1 heterocycles. The highest BCUT2D eigenvalue weighted by atomic mass is 16.5. The quantitative estimate of drug-likeness (QED) is 0.455. The number of ether oxygens (including phenoxy) is 1. The zero-order valence-corrected chi connectivity index (χ0v) is 8.57. The summed E-state index contributed by atoms with van der Waals surface area (Å²) >= 11 is 0. The maximum Gasteiger partial charge on any atom is 0.333 e. The number of aliphatic carboxylic acids is 1. The summed E-state index contributed by atoms with van der Waals surface area (Å²) in [6.45, 7) is 2.85. The Kier molecular flexibility index (Phi) is 3.67. The predicted molar refractivity (Wildman–Crippen MR) is 49.2 cm³/mol. The van der Waals surface area contributed by atoms with Crippen LogP contribution in [-0.4, -0.2) is 56.9 Å². The van der Waals surface area contributed by atoms with E-state index < -0.39 is 42.4 Å². The van der Waals surface area contributed by atoms with E-state index in [1.165, 1.54) is 13.8 Å². The first-order chi connectivity index (χ1) is 6.86. The number of carboxylic acids is 1. The Hall–Kier alpha value is -0.690. The number of aliphatic hydroxyl groups excluding tert-OH is 3. The first kappa shape index (κ1) is 12.4. The molecule has 0 amide bonds. The first-order valence-corrected chi connectivity index (χ1v) is 4.78. The van der Waals surface area contributed by atoms with Crippen molar-refractivity contribution in [3.8, 4) is 0 Å². The van der Waals surface area contributed by atoms with E-state index in [0.29, 0.717) is 0 Å². The minimum Gasteiger partial charge on any atom is -0.479 e. The SMILES string of the molecule is CC(O)C1OC(C(=O)O)C(C)C(O)C1O. The molecule has 0 aromatic rings. The summed E-state index contributed by atoms with van der Waals surface area (Å²) in [5.74, 6) is -1.92. The van der Waals surface area contributed by atoms with E-state index in [2.05, 4.69) is 0 Å². The largest absolute Gasteiger partial charge is 0.479 e. The van der Waals surface area contributed by atoms with Gasteiger partial charge in [-0.05, 0) is 6.92 Å². The number of hydrogen-bond acceptors (Lipinski definition) is 5. The summed E-state index contributed by atoms with van der Waals surface area (Å²) < 4.78 is 5.04. The second kappa shape index (κ2) is 4.44. The van der Waals surface area contributed by atoms with E-state index in [1.807, 2.05) is 0 Å². The summed E-state index contributed by atoms with van der Waals surface area (Å²) in [5.41, 5.74) is 0. The Morgan fingerprint density at radius 3 is 2.27 bits per heavy atom. The van der Waals surface area contributed by atoms with Gasteiger partial charge in [0.1, 0.15) is 12.2 Å². The lowest BCUT2D eigenvalue weighted by Gasteiger charge is -2.40. The third kappa shape index (κ3) is 2.28. The molecular formula is C9H16O6. The van der Waals surface area contributed by atoms with Crippen molar-refractivity contribution in [3.05, 3.63) is 0 Å². The van der Waals surface area contributed by atoms with E-state index in [4.69, 9.17) is 9.84 Å². The van der Waals surface area contributed by atoms with Gasteiger partial charge in [0.05, 0.1) is 12.2 Å². The predicted octanol–water partition coefficient (Wildman–Crippen LogP) is -1.42. The third-order valence-electron chi connectivity index (χ3n) is 2.73. The molecule has 0 radical (unpaired) electrons. The molecule has 0 spiro atoms. The van der Waals surface area contributed by atoms with Crippen LogP contribution in [0.3, 0.4) is 0 Å². The molecule has 0 saturated carbocycles. The van der Waals surface area contributed by atoms with Crippen LogP contribution in [-0.2, 0) is 9.53 Å². The third-order valence-corrected chi connectivity index (χ3v) is 2.73. The molecule has 0 aromatic carbocycles. The number of aliphatic hydroxyl groups is 3. The highest BCUT2D eigenvalue weighted by Gasteiger charge is 2.46. The average Bonchev–Trinajstić information content (AvgIpc) is 2.13. The second-order valence-corrected chi connectivity index (χ2v) is 3.94. The molecule has 0 bridgehead atoms. The van der Waals surface area contributed by atoms with Crippen LogP contribution in [0.4, 0.5) is 0 Å². The fraction of sp³-hybridized carbons (Fsp3) is 0.889. The van der Waals surface area contributed by atoms with Crippen molar-refractivity contribution in [1.82, 2.24) is 0 Å². The fourth-order valence-corrected chi connectivity index (χ4v) is 1.74. The lowest BCUT2D eigenvalue weighted by Crippen LogP contribution is -2.58. The van der Waals surface area contributed by atoms with Crippen LogP contribution in [0.1, 0.15) is 13.8 Å². The fourth-order valence-electron chi connectivity index (χ4n) is 1.74. The Morgan fingerprint density at radius 2 is 1.87 bits per heavy atom. The Bertz CT molecular complexity index is 241. The van der Waals surface area contributed by atoms with Crippen LogP contribution in [0.5, 0.6) is 0 Å². The van der Waals surface area contributed by atoms with Gasteiger partial charge in [0.2, 0.25) is 0 Å². The number of carboxylic acid groups (broad SMARTS) is 1. The number of carbonyl (C=O) groups is 1. The molecule has 1 fully saturated rings. The second-order valence-electron chi connectivity index (χ2n) is 3.94. The Balaban J connectivity index is 2.85. The smallest absolute Gasteiger partial charge is 0.333 e. The first-order valence-electron chi connectivity index (χ1n) is 4.78. The van der Waals surface area contributed by atoms with Crippen LogP contribution in [0, 0.1) is 5.92 Å². The van der Waals surface area contributed by atoms with Crippen LogP contribution < -0.4 is 0 Å². The van der Waals surface area contributed by atoms with E-state index in [9.17, 15) is 20.1 Å². The van der Waals surface area contributed by atoms with Gasteiger partial charge in [-0.25, -0.2) is 4.79 Å². The maximum atomic E-state index is 10.8. The summed E-state index contributed by atoms with van der Waals surface area (Å²) in [7, 11) is 0. The van der Waals surface area contributed by atoms with Crippen molar-refractivity contribution in [2.24, 2.45) is 5.92 Å². The molecule has 88 valence electrons. The summed E-state index contributed by atoms with van der Waals surface area (Å²) in [4.78, 5) is 10.8. The van der Waals surface area contributed by atoms with Gasteiger partial charge in [0, 0.05) is 5.92 Å². The molecular weight excluding hydrogens is 204 g/mol. The molecule has 1 saturated heterocycles. The van der Waals surface area contributed by atoms with Crippen LogP contribution in [0.25, 0.3) is 0 Å². The highest BCUT2D eigenvalue weighted by Crippen LogP contribution is 2.27. The molecule has 4 N–H and O–H groups in total. The van der Waals surface area contributed by atoms with Gasteiger partial charge in [-0.1, -0.05) is 6.92 Å². The zero-order valence-electron chi connectivity index (χ0n) is 8.57. The Labute approximate surface area is 87.1 Å². The van der Waals surface area contributed by atoms with Crippen LogP contribution in [0.15, 0.2) is 0 Å². The minimum atomic E-state index is -1.27. The average molecular weight is 220 g/mol. The van der Waals surface area contributed by atoms with Gasteiger partial charge in [0.15, 0.2) is 6.10 Å². The minimum absolute atomic E-state index is 0.715. The zero-order chi connectivity index (χ0) is 11.7. The van der Waals surface area contributed by atoms with Crippen molar-refractivity contribution in [2.45, 2.75) is 44.4 Å². The standard InChI is InChI=1S/C9H16O6/c1-3-5(11)6(12)8(4(2)10)15-7(3)9(13)14/h3-8,10-12H,1-2H3,(H,13,14). The lowest BCUT2D eigenvalue weighted by atomic mass is 9.86. The van der Waals surface area contributed by atoms with Crippen LogP contribution in [0.2, 0.25) is 0 Å². The molecule has 0 aromatic heterocycles. The van der Waals surface area contributed by atoms with Gasteiger partial charge < -0.3 is 25.2 Å². The van der Waals surface area contributed by atoms with Crippen molar-refractivity contribution >= 4 is 5.97 Å². The van der Waals surface area contributed by atoms with Crippen molar-refractivity contribution < 1.29 is 30.0 Å². The molecule has 1 aliphatic heterocycles. The van der Waals surface area contributed by atoms with E-state index in [0.717, 1.165) is 0 Å². The van der Waals surface area contributed by atoms with Gasteiger partial charge in [-0.15, -0.1) is 0 Å². The van der Waals surface area contributed by atoms with Gasteiger partial charge in [-0.3, -0.25) is 0 Å². The lowest BCUT2D eigenvalue weighted by molar-refractivity contribution is -0.225. The number of hydrogen-bond donors (Lipinski definition) is 4. The molecule has 1 aliphatic rings. The van der Waals surface area contributed by atoms with Crippen molar-refractivity contribution in [2.75, 3.05) is 0 Å². The van der Waals surface area contributed by atoms with Crippen LogP contribution >= 0.6 is 0 Å². The van der Waals surface area contributed by atoms with Gasteiger partial charge >= 0.3 is 5.97 Å². The van der Waals surface area contributed by atoms with Crippen molar-refractivity contribution in [3.63, 3.8) is 0 Å². The van der Waals surface area contributed by atoms with Gasteiger partial charge in [0.25, 0.3) is 0 Å². The molecule has 15 heavy (non-hydrogen) atoms. The van der Waals surface area contributed by atoms with E-state index >= 15 is 0 Å². The monoisotopic (exact) mass is 220 g/mol. The van der Waals surface area contributed by atoms with E-state index in [1.54, 1.807) is 0 Å². The molecule has 6 nitrogen and oxygen atoms in total. The molecule has 6 heteroatoms. The molecule has 6 unspecified atom stereocenters. The molecule has 0 aliphatic carbocycles. The molecule has 1 rings (SSSR count). The van der Waals surface area contributed by atoms with E-state index in [-0.39, 0.29) is 0 Å². The molecule has 6 atom stereocenters. The number of rotatable bonds is 2. The van der Waals surface area contributed by atoms with Gasteiger partial charge in [-0.2, -0.15) is 0 Å². The topological polar surface area (TPSA) is 107 Å². The Morgan fingerprint density at radius 1 is 1.33 bits per heavy atom. The summed E-state index contributed by atoms with van der Waals surface area (Å²) in [6.07, 6.45) is -5.79. The maximum absolute atomic E-state index is 10.8. The highest BCUT2D eigenvalue weighted by molar-refractivity contribution is 5.73. The summed E-state index contributed by atoms with van der Waals surface area (Å²) in [6, 6.07) is 0. The summed E-state index contributed by atoms with van der Waals surface area (Å²) in [5, 5.41) is 37.2.